The summed E-state index contributed by atoms with van der Waals surface area (Å²) < 4.78 is 5.60. The summed E-state index contributed by atoms with van der Waals surface area (Å²) in [6.45, 7) is 2.94. The summed E-state index contributed by atoms with van der Waals surface area (Å²) in [5.41, 5.74) is 2.32. The molecule has 1 amide bonds. The second kappa shape index (κ2) is 10.7. The molecular formula is C27H27NO5S. The van der Waals surface area contributed by atoms with Crippen molar-refractivity contribution >= 4 is 29.0 Å². The second-order valence-corrected chi connectivity index (χ2v) is 9.47. The first-order valence-electron chi connectivity index (χ1n) is 11.3. The van der Waals surface area contributed by atoms with E-state index in [4.69, 9.17) is 4.74 Å². The van der Waals surface area contributed by atoms with E-state index in [1.165, 1.54) is 11.3 Å². The molecular weight excluding hydrogens is 450 g/mol. The highest BCUT2D eigenvalue weighted by molar-refractivity contribution is 7.10. The zero-order valence-corrected chi connectivity index (χ0v) is 19.8. The van der Waals surface area contributed by atoms with Crippen molar-refractivity contribution in [3.05, 3.63) is 87.1 Å². The maximum atomic E-state index is 12.8. The molecule has 1 aliphatic rings. The number of piperidine rings is 1. The van der Waals surface area contributed by atoms with Gasteiger partial charge in [-0.1, -0.05) is 42.0 Å². The Morgan fingerprint density at radius 1 is 1.12 bits per heavy atom. The minimum Gasteiger partial charge on any atom is -0.484 e. The maximum Gasteiger partial charge on any atom is 0.337 e. The Morgan fingerprint density at radius 3 is 2.65 bits per heavy atom. The molecule has 0 radical (unpaired) electrons. The number of ether oxygens (including phenoxy) is 1. The molecule has 0 aliphatic carbocycles. The predicted octanol–water partition coefficient (Wildman–Crippen LogP) is 4.97. The van der Waals surface area contributed by atoms with Crippen molar-refractivity contribution in [1.29, 1.82) is 0 Å². The van der Waals surface area contributed by atoms with Crippen molar-refractivity contribution in [2.45, 2.75) is 32.1 Å². The van der Waals surface area contributed by atoms with Gasteiger partial charge in [0, 0.05) is 35.9 Å². The summed E-state index contributed by atoms with van der Waals surface area (Å²) in [5, 5.41) is 11.8. The van der Waals surface area contributed by atoms with Crippen LogP contribution in [0.15, 0.2) is 60.0 Å². The van der Waals surface area contributed by atoms with Crippen LogP contribution < -0.4 is 4.74 Å². The zero-order valence-electron chi connectivity index (χ0n) is 19.0. The number of hydrogen-bond acceptors (Lipinski definition) is 5. The fourth-order valence-electron chi connectivity index (χ4n) is 4.35. The predicted molar refractivity (Wildman–Crippen MR) is 131 cm³/mol. The average molecular weight is 478 g/mol. The number of Topliss-reactive ketones (excluding diaryl/α,β-unsaturated/α-hetero) is 1. The van der Waals surface area contributed by atoms with E-state index in [1.807, 2.05) is 43.3 Å². The number of aryl methyl sites for hydroxylation is 1. The SMILES string of the molecule is Cc1cccc(C(=O)Cc2csc(C3CCCN(C(=O)COc4ccccc4)C3)c2C(=O)O)c1. The number of benzene rings is 2. The number of amides is 1. The van der Waals surface area contributed by atoms with Gasteiger partial charge >= 0.3 is 5.97 Å². The van der Waals surface area contributed by atoms with E-state index >= 15 is 0 Å². The van der Waals surface area contributed by atoms with E-state index in [1.54, 1.807) is 28.5 Å². The molecule has 1 aromatic heterocycles. The first-order valence-corrected chi connectivity index (χ1v) is 12.2. The van der Waals surface area contributed by atoms with E-state index in [9.17, 15) is 19.5 Å². The van der Waals surface area contributed by atoms with Crippen LogP contribution >= 0.6 is 11.3 Å². The highest BCUT2D eigenvalue weighted by atomic mass is 32.1. The van der Waals surface area contributed by atoms with Crippen LogP contribution in [0, 0.1) is 6.92 Å². The van der Waals surface area contributed by atoms with E-state index < -0.39 is 5.97 Å². The number of para-hydroxylation sites is 1. The molecule has 2 aromatic carbocycles. The molecule has 1 saturated heterocycles. The minimum atomic E-state index is -1.03. The number of nitrogens with zero attached hydrogens (tertiary/aromatic N) is 1. The molecule has 0 saturated carbocycles. The van der Waals surface area contributed by atoms with E-state index in [0.29, 0.717) is 30.0 Å². The minimum absolute atomic E-state index is 0.0435. The van der Waals surface area contributed by atoms with Crippen molar-refractivity contribution in [3.63, 3.8) is 0 Å². The van der Waals surface area contributed by atoms with Crippen LogP contribution in [0.5, 0.6) is 5.75 Å². The number of thiophene rings is 1. The number of hydrogen-bond donors (Lipinski definition) is 1. The molecule has 0 bridgehead atoms. The average Bonchev–Trinajstić information content (AvgIpc) is 3.27. The molecule has 4 rings (SSSR count). The molecule has 7 heteroatoms. The Kier molecular flexibility index (Phi) is 7.43. The van der Waals surface area contributed by atoms with Gasteiger partial charge < -0.3 is 14.7 Å². The van der Waals surface area contributed by atoms with Gasteiger partial charge in [-0.3, -0.25) is 9.59 Å². The molecule has 1 fully saturated rings. The van der Waals surface area contributed by atoms with E-state index in [0.717, 1.165) is 23.3 Å². The van der Waals surface area contributed by atoms with Gasteiger partial charge in [0.2, 0.25) is 0 Å². The van der Waals surface area contributed by atoms with Crippen LogP contribution in [0.4, 0.5) is 0 Å². The molecule has 1 unspecified atom stereocenters. The molecule has 2 heterocycles. The third kappa shape index (κ3) is 5.54. The summed E-state index contributed by atoms with van der Waals surface area (Å²) in [6.07, 6.45) is 1.63. The van der Waals surface area contributed by atoms with Gasteiger partial charge in [0.15, 0.2) is 12.4 Å². The zero-order chi connectivity index (χ0) is 24.1. The summed E-state index contributed by atoms with van der Waals surface area (Å²) in [7, 11) is 0. The number of carbonyl (C=O) groups excluding carboxylic acids is 2. The number of carbonyl (C=O) groups is 3. The molecule has 6 nitrogen and oxygen atoms in total. The van der Waals surface area contributed by atoms with E-state index in [-0.39, 0.29) is 36.2 Å². The topological polar surface area (TPSA) is 83.9 Å². The van der Waals surface area contributed by atoms with Crippen LogP contribution in [-0.4, -0.2) is 47.4 Å². The highest BCUT2D eigenvalue weighted by Gasteiger charge is 2.31. The number of aromatic carboxylic acids is 1. The van der Waals surface area contributed by atoms with Gasteiger partial charge in [0.05, 0.1) is 5.56 Å². The van der Waals surface area contributed by atoms with Crippen LogP contribution in [0.2, 0.25) is 0 Å². The lowest BCUT2D eigenvalue weighted by atomic mass is 9.91. The molecule has 1 atom stereocenters. The number of likely N-dealkylation sites (tertiary alicyclic amines) is 1. The monoisotopic (exact) mass is 477 g/mol. The molecule has 3 aromatic rings. The van der Waals surface area contributed by atoms with Gasteiger partial charge in [0.25, 0.3) is 5.91 Å². The fourth-order valence-corrected chi connectivity index (χ4v) is 5.54. The summed E-state index contributed by atoms with van der Waals surface area (Å²) >= 11 is 1.37. The van der Waals surface area contributed by atoms with Crippen LogP contribution in [0.1, 0.15) is 55.5 Å². The highest BCUT2D eigenvalue weighted by Crippen LogP contribution is 2.36. The largest absolute Gasteiger partial charge is 0.484 e. The third-order valence-corrected chi connectivity index (χ3v) is 7.24. The molecule has 0 spiro atoms. The molecule has 34 heavy (non-hydrogen) atoms. The smallest absolute Gasteiger partial charge is 0.337 e. The van der Waals surface area contributed by atoms with E-state index in [2.05, 4.69) is 0 Å². The Hall–Kier alpha value is -3.45. The molecule has 176 valence electrons. The van der Waals surface area contributed by atoms with Crippen molar-refractivity contribution in [2.24, 2.45) is 0 Å². The standard InChI is InChI=1S/C27H27NO5S/c1-18-7-5-8-19(13-18)23(29)14-21-17-34-26(25(21)27(31)32)20-9-6-12-28(15-20)24(30)16-33-22-10-3-2-4-11-22/h2-5,7-8,10-11,13,17,20H,6,9,12,14-16H2,1H3,(H,31,32). The van der Waals surface area contributed by atoms with Crippen LogP contribution in [0.3, 0.4) is 0 Å². The normalized spacial score (nSPS) is 15.7. The molecule has 1 N–H and O–H groups in total. The van der Waals surface area contributed by atoms with Gasteiger partial charge in [-0.25, -0.2) is 4.79 Å². The van der Waals surface area contributed by atoms with Crippen molar-refractivity contribution in [2.75, 3.05) is 19.7 Å². The summed E-state index contributed by atoms with van der Waals surface area (Å²) in [4.78, 5) is 40.2. The number of carboxylic acid groups (broad SMARTS) is 1. The lowest BCUT2D eigenvalue weighted by molar-refractivity contribution is -0.134. The Morgan fingerprint density at radius 2 is 1.91 bits per heavy atom. The van der Waals surface area contributed by atoms with Gasteiger partial charge in [-0.15, -0.1) is 11.3 Å². The fraction of sp³-hybridized carbons (Fsp3) is 0.296. The Bertz CT molecular complexity index is 1190. The van der Waals surface area contributed by atoms with Gasteiger partial charge in [-0.2, -0.15) is 0 Å². The van der Waals surface area contributed by atoms with Gasteiger partial charge in [0.1, 0.15) is 5.75 Å². The first kappa shape index (κ1) is 23.7. The Labute approximate surface area is 202 Å². The van der Waals surface area contributed by atoms with Crippen molar-refractivity contribution in [1.82, 2.24) is 4.90 Å². The summed E-state index contributed by atoms with van der Waals surface area (Å²) in [5.74, 6) is -0.683. The first-order chi connectivity index (χ1) is 16.4. The number of ketones is 1. The van der Waals surface area contributed by atoms with Gasteiger partial charge in [-0.05, 0) is 48.9 Å². The van der Waals surface area contributed by atoms with Crippen LogP contribution in [0.25, 0.3) is 0 Å². The van der Waals surface area contributed by atoms with Crippen LogP contribution in [-0.2, 0) is 11.2 Å². The quantitative estimate of drug-likeness (QED) is 0.464. The van der Waals surface area contributed by atoms with Crippen molar-refractivity contribution < 1.29 is 24.2 Å². The lowest BCUT2D eigenvalue weighted by Crippen LogP contribution is -2.41. The number of carboxylic acids is 1. The third-order valence-electron chi connectivity index (χ3n) is 6.05. The lowest BCUT2D eigenvalue weighted by Gasteiger charge is -2.32. The van der Waals surface area contributed by atoms with Crippen molar-refractivity contribution in [3.8, 4) is 5.75 Å². The summed E-state index contributed by atoms with van der Waals surface area (Å²) in [6, 6.07) is 16.5. The second-order valence-electron chi connectivity index (χ2n) is 8.56. The number of rotatable bonds is 8. The molecule has 1 aliphatic heterocycles. The Balaban J connectivity index is 1.46. The maximum absolute atomic E-state index is 12.8.